The Hall–Kier alpha value is -0.180. The van der Waals surface area contributed by atoms with Gasteiger partial charge in [-0.25, -0.2) is 0 Å². The summed E-state index contributed by atoms with van der Waals surface area (Å²) in [6.07, 6.45) is 11.4. The molecule has 0 saturated carbocycles. The fourth-order valence-electron chi connectivity index (χ4n) is 1.79. The van der Waals surface area contributed by atoms with Gasteiger partial charge in [-0.2, -0.15) is 12.6 Å². The van der Waals surface area contributed by atoms with E-state index < -0.39 is 0 Å². The average molecular weight is 274 g/mol. The molecule has 0 saturated heterocycles. The zero-order chi connectivity index (χ0) is 13.6. The molecule has 0 rings (SSSR count). The molecule has 0 radical (unpaired) electrons. The maximum absolute atomic E-state index is 11.2. The van der Waals surface area contributed by atoms with E-state index in [1.807, 2.05) is 13.8 Å². The SMILES string of the molecule is CC(C)C(=O)OCCCCCCCCCCCS. The third-order valence-electron chi connectivity index (χ3n) is 3.02. The second-order valence-electron chi connectivity index (χ2n) is 5.23. The van der Waals surface area contributed by atoms with Gasteiger partial charge >= 0.3 is 5.97 Å². The van der Waals surface area contributed by atoms with Gasteiger partial charge in [-0.3, -0.25) is 4.79 Å². The predicted octanol–water partition coefficient (Wildman–Crippen LogP) is 4.63. The van der Waals surface area contributed by atoms with Gasteiger partial charge in [0.1, 0.15) is 0 Å². The molecule has 0 aromatic rings. The van der Waals surface area contributed by atoms with Crippen molar-refractivity contribution in [2.24, 2.45) is 5.92 Å². The summed E-state index contributed by atoms with van der Waals surface area (Å²) in [6, 6.07) is 0. The molecule has 0 amide bonds. The molecule has 0 aliphatic rings. The fraction of sp³-hybridized carbons (Fsp3) is 0.933. The fourth-order valence-corrected chi connectivity index (χ4v) is 2.01. The van der Waals surface area contributed by atoms with Gasteiger partial charge in [0.2, 0.25) is 0 Å². The van der Waals surface area contributed by atoms with Crippen LogP contribution >= 0.6 is 12.6 Å². The summed E-state index contributed by atoms with van der Waals surface area (Å²) in [5.74, 6) is 0.955. The molecule has 0 bridgehead atoms. The summed E-state index contributed by atoms with van der Waals surface area (Å²) in [5.41, 5.74) is 0. The highest BCUT2D eigenvalue weighted by molar-refractivity contribution is 7.80. The van der Waals surface area contributed by atoms with Gasteiger partial charge in [0, 0.05) is 0 Å². The maximum atomic E-state index is 11.2. The summed E-state index contributed by atoms with van der Waals surface area (Å²) < 4.78 is 5.13. The third-order valence-corrected chi connectivity index (χ3v) is 3.33. The smallest absolute Gasteiger partial charge is 0.308 e. The quantitative estimate of drug-likeness (QED) is 0.319. The van der Waals surface area contributed by atoms with Gasteiger partial charge in [0.15, 0.2) is 0 Å². The third kappa shape index (κ3) is 12.3. The monoisotopic (exact) mass is 274 g/mol. The summed E-state index contributed by atoms with van der Waals surface area (Å²) in [7, 11) is 0. The molecule has 0 fully saturated rings. The lowest BCUT2D eigenvalue weighted by atomic mass is 10.1. The van der Waals surface area contributed by atoms with Crippen LogP contribution in [0.1, 0.15) is 71.6 Å². The van der Waals surface area contributed by atoms with E-state index in [0.29, 0.717) is 6.61 Å². The molecule has 0 aliphatic heterocycles. The van der Waals surface area contributed by atoms with Crippen LogP contribution in [0.15, 0.2) is 0 Å². The van der Waals surface area contributed by atoms with Gasteiger partial charge in [-0.15, -0.1) is 0 Å². The molecule has 108 valence electrons. The molecule has 0 spiro atoms. The van der Waals surface area contributed by atoms with Crippen LogP contribution in [0, 0.1) is 5.92 Å². The number of carbonyl (C=O) groups excluding carboxylic acids is 1. The maximum Gasteiger partial charge on any atom is 0.308 e. The lowest BCUT2D eigenvalue weighted by molar-refractivity contribution is -0.147. The van der Waals surface area contributed by atoms with Gasteiger partial charge in [0.25, 0.3) is 0 Å². The first-order chi connectivity index (χ1) is 8.68. The van der Waals surface area contributed by atoms with Crippen LogP contribution in [-0.4, -0.2) is 18.3 Å². The van der Waals surface area contributed by atoms with Gasteiger partial charge in [-0.1, -0.05) is 58.8 Å². The van der Waals surface area contributed by atoms with Crippen molar-refractivity contribution in [1.82, 2.24) is 0 Å². The van der Waals surface area contributed by atoms with E-state index in [4.69, 9.17) is 4.74 Å². The standard InChI is InChI=1S/C15H30O2S/c1-14(2)15(16)17-12-10-8-6-4-3-5-7-9-11-13-18/h14,18H,3-13H2,1-2H3. The van der Waals surface area contributed by atoms with Crippen molar-refractivity contribution in [2.75, 3.05) is 12.4 Å². The number of rotatable bonds is 12. The first kappa shape index (κ1) is 17.8. The molecular weight excluding hydrogens is 244 g/mol. The molecular formula is C15H30O2S. The van der Waals surface area contributed by atoms with Gasteiger partial charge in [-0.05, 0) is 18.6 Å². The second kappa shape index (κ2) is 13.3. The summed E-state index contributed by atoms with van der Waals surface area (Å²) in [5, 5.41) is 0. The van der Waals surface area contributed by atoms with Crippen LogP contribution in [0.4, 0.5) is 0 Å². The Balaban J connectivity index is 3.05. The lowest BCUT2D eigenvalue weighted by Gasteiger charge is -2.06. The van der Waals surface area contributed by atoms with Crippen molar-refractivity contribution < 1.29 is 9.53 Å². The molecule has 3 heteroatoms. The largest absolute Gasteiger partial charge is 0.465 e. The number of ether oxygens (including phenoxy) is 1. The summed E-state index contributed by atoms with van der Waals surface area (Å²) in [4.78, 5) is 11.2. The van der Waals surface area contributed by atoms with Crippen LogP contribution < -0.4 is 0 Å². The van der Waals surface area contributed by atoms with E-state index in [9.17, 15) is 4.79 Å². The zero-order valence-electron chi connectivity index (χ0n) is 12.1. The zero-order valence-corrected chi connectivity index (χ0v) is 13.0. The molecule has 0 aromatic carbocycles. The molecule has 0 atom stereocenters. The molecule has 2 nitrogen and oxygen atoms in total. The highest BCUT2D eigenvalue weighted by Gasteiger charge is 2.06. The number of hydrogen-bond acceptors (Lipinski definition) is 3. The van der Waals surface area contributed by atoms with Crippen LogP contribution in [0.5, 0.6) is 0 Å². The Labute approximate surface area is 118 Å². The minimum absolute atomic E-state index is 0.00209. The van der Waals surface area contributed by atoms with E-state index in [1.54, 1.807) is 0 Å². The Morgan fingerprint density at radius 1 is 0.889 bits per heavy atom. The molecule has 0 aromatic heterocycles. The Morgan fingerprint density at radius 2 is 1.33 bits per heavy atom. The van der Waals surface area contributed by atoms with E-state index in [-0.39, 0.29) is 11.9 Å². The molecule has 0 N–H and O–H groups in total. The van der Waals surface area contributed by atoms with Gasteiger partial charge < -0.3 is 4.74 Å². The Kier molecular flexibility index (Phi) is 13.1. The first-order valence-corrected chi connectivity index (χ1v) is 8.09. The van der Waals surface area contributed by atoms with Crippen LogP contribution in [-0.2, 0) is 9.53 Å². The van der Waals surface area contributed by atoms with E-state index in [0.717, 1.165) is 12.2 Å². The number of hydrogen-bond donors (Lipinski definition) is 1. The van der Waals surface area contributed by atoms with Crippen molar-refractivity contribution in [1.29, 1.82) is 0 Å². The number of unbranched alkanes of at least 4 members (excludes halogenated alkanes) is 8. The van der Waals surface area contributed by atoms with Crippen molar-refractivity contribution in [3.05, 3.63) is 0 Å². The highest BCUT2D eigenvalue weighted by Crippen LogP contribution is 2.10. The van der Waals surface area contributed by atoms with Crippen LogP contribution in [0.3, 0.4) is 0 Å². The van der Waals surface area contributed by atoms with Crippen molar-refractivity contribution in [2.45, 2.75) is 71.6 Å². The predicted molar refractivity (Wildman–Crippen MR) is 81.2 cm³/mol. The number of esters is 1. The first-order valence-electron chi connectivity index (χ1n) is 7.46. The Bertz CT molecular complexity index is 193. The number of thiol groups is 1. The number of carbonyl (C=O) groups is 1. The summed E-state index contributed by atoms with van der Waals surface area (Å²) in [6.45, 7) is 4.34. The van der Waals surface area contributed by atoms with Crippen molar-refractivity contribution in [3.63, 3.8) is 0 Å². The molecule has 18 heavy (non-hydrogen) atoms. The van der Waals surface area contributed by atoms with Crippen LogP contribution in [0.2, 0.25) is 0 Å². The lowest BCUT2D eigenvalue weighted by Crippen LogP contribution is -2.12. The van der Waals surface area contributed by atoms with Gasteiger partial charge in [0.05, 0.1) is 12.5 Å². The normalized spacial score (nSPS) is 10.9. The highest BCUT2D eigenvalue weighted by atomic mass is 32.1. The van der Waals surface area contributed by atoms with E-state index in [2.05, 4.69) is 12.6 Å². The van der Waals surface area contributed by atoms with Crippen molar-refractivity contribution in [3.8, 4) is 0 Å². The minimum atomic E-state index is -0.0702. The molecule has 0 unspecified atom stereocenters. The van der Waals surface area contributed by atoms with E-state index in [1.165, 1.54) is 51.4 Å². The summed E-state index contributed by atoms with van der Waals surface area (Å²) >= 11 is 4.20. The average Bonchev–Trinajstić information content (AvgIpc) is 2.35. The molecule has 0 heterocycles. The van der Waals surface area contributed by atoms with E-state index >= 15 is 0 Å². The minimum Gasteiger partial charge on any atom is -0.465 e. The van der Waals surface area contributed by atoms with Crippen LogP contribution in [0.25, 0.3) is 0 Å². The van der Waals surface area contributed by atoms with Crippen molar-refractivity contribution >= 4 is 18.6 Å². The second-order valence-corrected chi connectivity index (χ2v) is 5.67. The molecule has 0 aliphatic carbocycles. The topological polar surface area (TPSA) is 26.3 Å². The Morgan fingerprint density at radius 3 is 1.78 bits per heavy atom.